The Morgan fingerprint density at radius 1 is 1.03 bits per heavy atom. The number of carbonyl (C=O) groups is 1. The van der Waals surface area contributed by atoms with Crippen LogP contribution in [0.25, 0.3) is 32.7 Å². The van der Waals surface area contributed by atoms with E-state index in [4.69, 9.17) is 0 Å². The van der Waals surface area contributed by atoms with E-state index in [1.807, 2.05) is 48.5 Å². The molecule has 5 aromatic rings. The van der Waals surface area contributed by atoms with Crippen molar-refractivity contribution in [2.75, 3.05) is 0 Å². The molecule has 0 radical (unpaired) electrons. The first kappa shape index (κ1) is 20.6. The number of hydrogen-bond acceptors (Lipinski definition) is 6. The fourth-order valence-electron chi connectivity index (χ4n) is 3.83. The average Bonchev–Trinajstić information content (AvgIpc) is 3.37. The van der Waals surface area contributed by atoms with Crippen LogP contribution in [0.15, 0.2) is 83.1 Å². The van der Waals surface area contributed by atoms with Crippen molar-refractivity contribution < 1.29 is 15.0 Å². The molecule has 0 saturated heterocycles. The van der Waals surface area contributed by atoms with Crippen LogP contribution in [0.4, 0.5) is 0 Å². The van der Waals surface area contributed by atoms with Gasteiger partial charge in [-0.05, 0) is 17.2 Å². The van der Waals surface area contributed by atoms with Crippen molar-refractivity contribution in [2.24, 2.45) is 0 Å². The molecule has 0 unspecified atom stereocenters. The predicted octanol–water partition coefficient (Wildman–Crippen LogP) is 4.64. The lowest BCUT2D eigenvalue weighted by molar-refractivity contribution is 0.0687. The normalized spacial score (nSPS) is 11.0. The van der Waals surface area contributed by atoms with Gasteiger partial charge in [-0.15, -0.1) is 11.3 Å². The number of aromatic carboxylic acids is 1. The molecule has 0 spiro atoms. The number of fused-ring (bicyclic) bond motifs is 1. The summed E-state index contributed by atoms with van der Waals surface area (Å²) in [4.78, 5) is 34.2. The highest BCUT2D eigenvalue weighted by molar-refractivity contribution is 7.13. The molecular formula is C25H17N3O4S. The Bertz CT molecular complexity index is 1530. The molecule has 0 fully saturated rings. The highest BCUT2D eigenvalue weighted by Crippen LogP contribution is 2.36. The van der Waals surface area contributed by atoms with Gasteiger partial charge in [0.1, 0.15) is 10.7 Å². The van der Waals surface area contributed by atoms with Crippen LogP contribution >= 0.6 is 11.3 Å². The van der Waals surface area contributed by atoms with Gasteiger partial charge in [-0.2, -0.15) is 0 Å². The van der Waals surface area contributed by atoms with Crippen LogP contribution in [0, 0.1) is 0 Å². The third-order valence-corrected chi connectivity index (χ3v) is 6.10. The van der Waals surface area contributed by atoms with E-state index >= 15 is 0 Å². The van der Waals surface area contributed by atoms with Crippen LogP contribution in [0.1, 0.15) is 16.1 Å². The van der Waals surface area contributed by atoms with Gasteiger partial charge in [-0.1, -0.05) is 60.7 Å². The zero-order valence-electron chi connectivity index (χ0n) is 17.2. The van der Waals surface area contributed by atoms with E-state index in [1.165, 1.54) is 22.0 Å². The number of nitrogens with zero attached hydrogens (tertiary/aromatic N) is 3. The lowest BCUT2D eigenvalue weighted by Crippen LogP contribution is -2.24. The zero-order chi connectivity index (χ0) is 22.9. The molecule has 8 heteroatoms. The minimum Gasteiger partial charge on any atom is -0.505 e. The molecule has 0 amide bonds. The number of rotatable bonds is 5. The van der Waals surface area contributed by atoms with E-state index in [-0.39, 0.29) is 23.2 Å². The fraction of sp³-hybridized carbons (Fsp3) is 0.0400. The Balaban J connectivity index is 1.94. The Hall–Kier alpha value is -4.30. The van der Waals surface area contributed by atoms with Crippen molar-refractivity contribution in [1.29, 1.82) is 0 Å². The van der Waals surface area contributed by atoms with Gasteiger partial charge in [0.15, 0.2) is 11.4 Å². The Labute approximate surface area is 191 Å². The lowest BCUT2D eigenvalue weighted by atomic mass is 10.0. The maximum atomic E-state index is 13.8. The summed E-state index contributed by atoms with van der Waals surface area (Å²) in [5.74, 6) is -1.86. The molecule has 33 heavy (non-hydrogen) atoms. The molecule has 162 valence electrons. The predicted molar refractivity (Wildman–Crippen MR) is 127 cm³/mol. The van der Waals surface area contributed by atoms with Crippen LogP contribution in [-0.4, -0.2) is 30.7 Å². The Morgan fingerprint density at radius 2 is 1.73 bits per heavy atom. The van der Waals surface area contributed by atoms with E-state index in [2.05, 4.69) is 9.97 Å². The third-order valence-electron chi connectivity index (χ3n) is 5.32. The molecule has 0 saturated carbocycles. The van der Waals surface area contributed by atoms with E-state index in [0.717, 1.165) is 5.56 Å². The zero-order valence-corrected chi connectivity index (χ0v) is 18.0. The first-order valence-corrected chi connectivity index (χ1v) is 11.0. The van der Waals surface area contributed by atoms with Crippen LogP contribution in [-0.2, 0) is 6.54 Å². The largest absolute Gasteiger partial charge is 0.505 e. The first-order valence-electron chi connectivity index (χ1n) is 10.1. The summed E-state index contributed by atoms with van der Waals surface area (Å²) >= 11 is 1.28. The fourth-order valence-corrected chi connectivity index (χ4v) is 4.45. The Morgan fingerprint density at radius 3 is 2.36 bits per heavy atom. The maximum absolute atomic E-state index is 13.8. The van der Waals surface area contributed by atoms with Crippen LogP contribution < -0.4 is 5.56 Å². The van der Waals surface area contributed by atoms with Gasteiger partial charge in [-0.3, -0.25) is 4.79 Å². The second-order valence-electron chi connectivity index (χ2n) is 7.36. The molecule has 3 aromatic heterocycles. The van der Waals surface area contributed by atoms with Crippen LogP contribution in [0.2, 0.25) is 0 Å². The maximum Gasteiger partial charge on any atom is 0.358 e. The molecule has 0 aliphatic rings. The van der Waals surface area contributed by atoms with Gasteiger partial charge in [0.2, 0.25) is 0 Å². The molecule has 2 N–H and O–H groups in total. The summed E-state index contributed by atoms with van der Waals surface area (Å²) in [7, 11) is 0. The van der Waals surface area contributed by atoms with Gasteiger partial charge >= 0.3 is 5.97 Å². The first-order chi connectivity index (χ1) is 16.0. The summed E-state index contributed by atoms with van der Waals surface area (Å²) in [6.45, 7) is 0.211. The minimum atomic E-state index is -1.37. The van der Waals surface area contributed by atoms with Crippen molar-refractivity contribution in [3.05, 3.63) is 99.9 Å². The van der Waals surface area contributed by atoms with Gasteiger partial charge in [0.05, 0.1) is 12.1 Å². The van der Waals surface area contributed by atoms with Crippen molar-refractivity contribution in [2.45, 2.75) is 6.54 Å². The third kappa shape index (κ3) is 3.66. The van der Waals surface area contributed by atoms with Gasteiger partial charge < -0.3 is 14.8 Å². The molecule has 0 bridgehead atoms. The van der Waals surface area contributed by atoms with Crippen molar-refractivity contribution in [1.82, 2.24) is 14.5 Å². The summed E-state index contributed by atoms with van der Waals surface area (Å²) < 4.78 is 1.53. The molecule has 5 rings (SSSR count). The van der Waals surface area contributed by atoms with Gasteiger partial charge in [0.25, 0.3) is 5.56 Å². The van der Waals surface area contributed by atoms with Crippen molar-refractivity contribution in [3.8, 4) is 27.6 Å². The van der Waals surface area contributed by atoms with E-state index < -0.39 is 17.4 Å². The monoisotopic (exact) mass is 455 g/mol. The van der Waals surface area contributed by atoms with Gasteiger partial charge in [0, 0.05) is 22.5 Å². The second-order valence-corrected chi connectivity index (χ2v) is 8.26. The van der Waals surface area contributed by atoms with Crippen LogP contribution in [0.5, 0.6) is 5.75 Å². The summed E-state index contributed by atoms with van der Waals surface area (Å²) in [6, 6.07) is 20.1. The molecule has 0 aliphatic carbocycles. The topological polar surface area (TPSA) is 105 Å². The summed E-state index contributed by atoms with van der Waals surface area (Å²) in [5, 5.41) is 23.0. The molecule has 7 nitrogen and oxygen atoms in total. The number of pyridine rings is 2. The molecule has 0 atom stereocenters. The summed E-state index contributed by atoms with van der Waals surface area (Å²) in [5.41, 5.74) is 1.69. The molecule has 2 aromatic carbocycles. The van der Waals surface area contributed by atoms with Crippen molar-refractivity contribution in [3.63, 3.8) is 0 Å². The molecule has 3 heterocycles. The Kier molecular flexibility index (Phi) is 5.20. The minimum absolute atomic E-state index is 0.211. The lowest BCUT2D eigenvalue weighted by Gasteiger charge is -2.17. The van der Waals surface area contributed by atoms with E-state index in [1.54, 1.807) is 23.7 Å². The second kappa shape index (κ2) is 8.33. The van der Waals surface area contributed by atoms with Gasteiger partial charge in [-0.25, -0.2) is 14.8 Å². The average molecular weight is 455 g/mol. The quantitative estimate of drug-likeness (QED) is 0.400. The number of benzene rings is 2. The van der Waals surface area contributed by atoms with E-state index in [9.17, 15) is 19.8 Å². The number of hydrogen-bond donors (Lipinski definition) is 2. The van der Waals surface area contributed by atoms with Crippen LogP contribution in [0.3, 0.4) is 0 Å². The highest BCUT2D eigenvalue weighted by atomic mass is 32.1. The molecule has 0 aliphatic heterocycles. The smallest absolute Gasteiger partial charge is 0.358 e. The SMILES string of the molecule is O=C(O)c1nc(-c2nccs2)c2c(cc(-c3ccccc3)c(=O)n2Cc2ccccc2)c1O. The number of carboxylic acid groups (broad SMARTS) is 1. The molecular weight excluding hydrogens is 438 g/mol. The number of carboxylic acids is 1. The van der Waals surface area contributed by atoms with Crippen molar-refractivity contribution >= 4 is 28.2 Å². The number of thiazole rings is 1. The number of aromatic hydroxyl groups is 1. The van der Waals surface area contributed by atoms with E-state index in [0.29, 0.717) is 21.7 Å². The summed E-state index contributed by atoms with van der Waals surface area (Å²) in [6.07, 6.45) is 1.58. The standard InChI is InChI=1S/C25H17N3O4S/c29-22-18-13-17(16-9-5-2-6-10-16)24(30)28(14-15-7-3-1-4-8-15)21(18)19(23-26-11-12-33-23)27-20(22)25(31)32/h1-13,29H,14H2,(H,31,32). The highest BCUT2D eigenvalue weighted by Gasteiger charge is 2.25. The number of aromatic nitrogens is 3.